The number of hydrogen-bond donors (Lipinski definition) is 3. The lowest BCUT2D eigenvalue weighted by Gasteiger charge is -2.32. The first kappa shape index (κ1) is 11.0. The van der Waals surface area contributed by atoms with E-state index in [9.17, 15) is 5.11 Å². The molecular formula is C13H23NO2. The molecule has 16 heavy (non-hydrogen) atoms. The minimum atomic E-state index is -0.585. The van der Waals surface area contributed by atoms with Crippen LogP contribution in [0, 0.1) is 23.7 Å². The normalized spacial score (nSPS) is 47.2. The molecule has 0 aromatic heterocycles. The second-order valence-electron chi connectivity index (χ2n) is 6.01. The zero-order valence-electron chi connectivity index (χ0n) is 9.81. The van der Waals surface area contributed by atoms with Gasteiger partial charge in [0.2, 0.25) is 0 Å². The fourth-order valence-electron chi connectivity index (χ4n) is 4.65. The highest BCUT2D eigenvalue weighted by molar-refractivity contribution is 5.05. The van der Waals surface area contributed by atoms with Crippen LogP contribution in [0.25, 0.3) is 0 Å². The number of rotatable bonds is 4. The molecule has 3 saturated carbocycles. The minimum Gasteiger partial charge on any atom is -0.394 e. The van der Waals surface area contributed by atoms with Crippen molar-refractivity contribution in [1.29, 1.82) is 0 Å². The second-order valence-corrected chi connectivity index (χ2v) is 6.01. The maximum absolute atomic E-state index is 9.36. The predicted octanol–water partition coefficient (Wildman–Crippen LogP) is 0.754. The van der Waals surface area contributed by atoms with Crippen LogP contribution in [-0.2, 0) is 0 Å². The Morgan fingerprint density at radius 1 is 1.12 bits per heavy atom. The van der Waals surface area contributed by atoms with Crippen LogP contribution in [0.3, 0.4) is 0 Å². The van der Waals surface area contributed by atoms with E-state index in [0.717, 1.165) is 23.7 Å². The van der Waals surface area contributed by atoms with Gasteiger partial charge in [0.15, 0.2) is 0 Å². The fourth-order valence-corrected chi connectivity index (χ4v) is 4.65. The largest absolute Gasteiger partial charge is 0.394 e. The average Bonchev–Trinajstić information content (AvgIpc) is 2.96. The zero-order valence-corrected chi connectivity index (χ0v) is 9.81. The Kier molecular flexibility index (Phi) is 2.94. The van der Waals surface area contributed by atoms with Gasteiger partial charge >= 0.3 is 0 Å². The van der Waals surface area contributed by atoms with E-state index in [2.05, 4.69) is 5.32 Å². The zero-order chi connectivity index (χ0) is 11.1. The van der Waals surface area contributed by atoms with Crippen molar-refractivity contribution in [2.75, 3.05) is 13.2 Å². The Morgan fingerprint density at radius 3 is 2.75 bits per heavy atom. The van der Waals surface area contributed by atoms with E-state index in [1.54, 1.807) is 0 Å². The van der Waals surface area contributed by atoms with Gasteiger partial charge in [-0.3, -0.25) is 0 Å². The van der Waals surface area contributed by atoms with E-state index in [4.69, 9.17) is 5.11 Å². The summed E-state index contributed by atoms with van der Waals surface area (Å²) in [4.78, 5) is 0. The highest BCUT2D eigenvalue weighted by Crippen LogP contribution is 2.58. The molecule has 6 atom stereocenters. The van der Waals surface area contributed by atoms with Crippen LogP contribution in [-0.4, -0.2) is 35.5 Å². The third kappa shape index (κ3) is 1.69. The van der Waals surface area contributed by atoms with Crippen LogP contribution in [0.2, 0.25) is 0 Å². The average molecular weight is 225 g/mol. The molecule has 3 rings (SSSR count). The molecule has 0 radical (unpaired) electrons. The Labute approximate surface area is 97.2 Å². The summed E-state index contributed by atoms with van der Waals surface area (Å²) >= 11 is 0. The lowest BCUT2D eigenvalue weighted by molar-refractivity contribution is 0.0861. The lowest BCUT2D eigenvalue weighted by Crippen LogP contribution is -2.43. The first-order chi connectivity index (χ1) is 7.79. The molecule has 0 aromatic rings. The van der Waals surface area contributed by atoms with Crippen molar-refractivity contribution < 1.29 is 10.2 Å². The highest BCUT2D eigenvalue weighted by Gasteiger charge is 2.53. The highest BCUT2D eigenvalue weighted by atomic mass is 16.3. The topological polar surface area (TPSA) is 52.5 Å². The van der Waals surface area contributed by atoms with Gasteiger partial charge in [0.05, 0.1) is 12.7 Å². The number of nitrogens with one attached hydrogen (secondary N) is 1. The summed E-state index contributed by atoms with van der Waals surface area (Å²) in [5.74, 6) is 3.83. The first-order valence-electron chi connectivity index (χ1n) is 6.82. The summed E-state index contributed by atoms with van der Waals surface area (Å²) < 4.78 is 0. The van der Waals surface area contributed by atoms with E-state index in [-0.39, 0.29) is 6.61 Å². The van der Waals surface area contributed by atoms with Crippen LogP contribution in [0.5, 0.6) is 0 Å². The van der Waals surface area contributed by atoms with E-state index in [1.807, 2.05) is 0 Å². The van der Waals surface area contributed by atoms with Crippen LogP contribution >= 0.6 is 0 Å². The van der Waals surface area contributed by atoms with Crippen molar-refractivity contribution >= 4 is 0 Å². The molecule has 3 aliphatic carbocycles. The van der Waals surface area contributed by atoms with Crippen molar-refractivity contribution in [3.8, 4) is 0 Å². The number of aliphatic hydroxyl groups excluding tert-OH is 2. The lowest BCUT2D eigenvalue weighted by atomic mass is 9.79. The monoisotopic (exact) mass is 225 g/mol. The molecule has 6 unspecified atom stereocenters. The predicted molar refractivity (Wildman–Crippen MR) is 61.9 cm³/mol. The Balaban J connectivity index is 1.56. The summed E-state index contributed by atoms with van der Waals surface area (Å²) in [6.07, 6.45) is 6.49. The van der Waals surface area contributed by atoms with Crippen LogP contribution < -0.4 is 5.32 Å². The SMILES string of the molecule is OCC(O)CNC1CC2CC1C1CCCC21. The first-order valence-corrected chi connectivity index (χ1v) is 6.82. The molecule has 3 heteroatoms. The number of aliphatic hydroxyl groups is 2. The van der Waals surface area contributed by atoms with Gasteiger partial charge in [-0.2, -0.15) is 0 Å². The van der Waals surface area contributed by atoms with Gasteiger partial charge in [-0.15, -0.1) is 0 Å². The Morgan fingerprint density at radius 2 is 1.94 bits per heavy atom. The van der Waals surface area contributed by atoms with Gasteiger partial charge in [-0.1, -0.05) is 6.42 Å². The van der Waals surface area contributed by atoms with Gasteiger partial charge in [0.25, 0.3) is 0 Å². The van der Waals surface area contributed by atoms with Gasteiger partial charge in [0.1, 0.15) is 0 Å². The van der Waals surface area contributed by atoms with Crippen molar-refractivity contribution in [3.63, 3.8) is 0 Å². The van der Waals surface area contributed by atoms with E-state index >= 15 is 0 Å². The molecule has 2 bridgehead atoms. The summed E-state index contributed by atoms with van der Waals surface area (Å²) in [5.41, 5.74) is 0. The molecule has 0 aliphatic heterocycles. The molecular weight excluding hydrogens is 202 g/mol. The van der Waals surface area contributed by atoms with Crippen molar-refractivity contribution in [2.45, 2.75) is 44.2 Å². The molecule has 0 saturated heterocycles. The van der Waals surface area contributed by atoms with Crippen LogP contribution in [0.4, 0.5) is 0 Å². The Bertz CT molecular complexity index is 258. The molecule has 3 fully saturated rings. The number of hydrogen-bond acceptors (Lipinski definition) is 3. The number of fused-ring (bicyclic) bond motifs is 5. The van der Waals surface area contributed by atoms with Gasteiger partial charge in [-0.05, 0) is 49.4 Å². The maximum Gasteiger partial charge on any atom is 0.0895 e. The molecule has 3 N–H and O–H groups in total. The van der Waals surface area contributed by atoms with Gasteiger partial charge in [0, 0.05) is 12.6 Å². The van der Waals surface area contributed by atoms with Crippen molar-refractivity contribution in [2.24, 2.45) is 23.7 Å². The smallest absolute Gasteiger partial charge is 0.0895 e. The van der Waals surface area contributed by atoms with Crippen molar-refractivity contribution in [3.05, 3.63) is 0 Å². The molecule has 0 spiro atoms. The van der Waals surface area contributed by atoms with Crippen molar-refractivity contribution in [1.82, 2.24) is 5.32 Å². The van der Waals surface area contributed by atoms with Crippen LogP contribution in [0.15, 0.2) is 0 Å². The fraction of sp³-hybridized carbons (Fsp3) is 1.00. The summed E-state index contributed by atoms with van der Waals surface area (Å²) in [7, 11) is 0. The van der Waals surface area contributed by atoms with E-state index < -0.39 is 6.10 Å². The molecule has 0 amide bonds. The third-order valence-corrected chi connectivity index (χ3v) is 5.26. The molecule has 0 aromatic carbocycles. The molecule has 3 aliphatic rings. The van der Waals surface area contributed by atoms with E-state index in [1.165, 1.54) is 32.1 Å². The van der Waals surface area contributed by atoms with Crippen LogP contribution in [0.1, 0.15) is 32.1 Å². The summed E-state index contributed by atoms with van der Waals surface area (Å²) in [6, 6.07) is 0.616. The maximum atomic E-state index is 9.36. The summed E-state index contributed by atoms with van der Waals surface area (Å²) in [6.45, 7) is 0.432. The van der Waals surface area contributed by atoms with Gasteiger partial charge < -0.3 is 15.5 Å². The standard InChI is InChI=1S/C13H23NO2/c15-7-9(16)6-14-13-5-8-4-12(13)11-3-1-2-10(8)11/h8-16H,1-7H2. The Hall–Kier alpha value is -0.120. The molecule has 0 heterocycles. The molecule has 92 valence electrons. The quantitative estimate of drug-likeness (QED) is 0.662. The summed E-state index contributed by atoms with van der Waals surface area (Å²) in [5, 5.41) is 21.6. The minimum absolute atomic E-state index is 0.125. The van der Waals surface area contributed by atoms with E-state index in [0.29, 0.717) is 12.6 Å². The second kappa shape index (κ2) is 4.28. The van der Waals surface area contributed by atoms with Gasteiger partial charge in [-0.25, -0.2) is 0 Å². The third-order valence-electron chi connectivity index (χ3n) is 5.26. The molecule has 3 nitrogen and oxygen atoms in total.